The fourth-order valence-corrected chi connectivity index (χ4v) is 2.20. The lowest BCUT2D eigenvalue weighted by atomic mass is 10.4. The number of carbonyl (C=O) groups excluding carboxylic acids is 2. The molecule has 0 saturated heterocycles. The van der Waals surface area contributed by atoms with Crippen LogP contribution in [0, 0.1) is 0 Å². The summed E-state index contributed by atoms with van der Waals surface area (Å²) in [5, 5.41) is 0. The van der Waals surface area contributed by atoms with Gasteiger partial charge in [-0.3, -0.25) is 14.2 Å². The maximum Gasteiger partial charge on any atom is 0.328 e. The molecule has 0 aliphatic heterocycles. The van der Waals surface area contributed by atoms with Crippen LogP contribution in [0.25, 0.3) is 0 Å². The summed E-state index contributed by atoms with van der Waals surface area (Å²) in [7, 11) is -4.19. The second-order valence-corrected chi connectivity index (χ2v) is 5.01. The molecule has 0 aromatic heterocycles. The summed E-state index contributed by atoms with van der Waals surface area (Å²) in [6.45, 7) is 3.45. The molecule has 0 unspecified atom stereocenters. The standard InChI is InChI=1S/C8H15O4P/c1-3-5-7(9)13(11,12)8(10)6-4-2/h3-6H2,1-2H3,(H,11,12). The minimum Gasteiger partial charge on any atom is -0.334 e. The van der Waals surface area contributed by atoms with Gasteiger partial charge in [-0.15, -0.1) is 0 Å². The lowest BCUT2D eigenvalue weighted by Gasteiger charge is -2.06. The topological polar surface area (TPSA) is 71.4 Å². The van der Waals surface area contributed by atoms with Gasteiger partial charge in [0.1, 0.15) is 0 Å². The van der Waals surface area contributed by atoms with E-state index in [2.05, 4.69) is 0 Å². The maximum atomic E-state index is 11.3. The SMILES string of the molecule is CCCC(=O)P(=O)(O)C(=O)CCC. The first-order valence-electron chi connectivity index (χ1n) is 4.36. The van der Waals surface area contributed by atoms with Crippen molar-refractivity contribution in [3.05, 3.63) is 0 Å². The van der Waals surface area contributed by atoms with Crippen molar-refractivity contribution in [2.75, 3.05) is 0 Å². The van der Waals surface area contributed by atoms with Crippen molar-refractivity contribution in [1.29, 1.82) is 0 Å². The summed E-state index contributed by atoms with van der Waals surface area (Å²) in [4.78, 5) is 31.3. The Morgan fingerprint density at radius 1 is 1.08 bits per heavy atom. The van der Waals surface area contributed by atoms with E-state index in [0.29, 0.717) is 12.8 Å². The summed E-state index contributed by atoms with van der Waals surface area (Å²) in [6.07, 6.45) is 0.984. The third-order valence-corrected chi connectivity index (χ3v) is 3.40. The maximum absolute atomic E-state index is 11.3. The molecule has 0 radical (unpaired) electrons. The highest BCUT2D eigenvalue weighted by atomic mass is 31.2. The van der Waals surface area contributed by atoms with Gasteiger partial charge in [-0.2, -0.15) is 0 Å². The monoisotopic (exact) mass is 206 g/mol. The predicted octanol–water partition coefficient (Wildman–Crippen LogP) is 1.91. The normalized spacial score (nSPS) is 11.3. The summed E-state index contributed by atoms with van der Waals surface area (Å²) in [5.41, 5.74) is -1.62. The molecule has 76 valence electrons. The van der Waals surface area contributed by atoms with E-state index in [9.17, 15) is 19.0 Å². The van der Waals surface area contributed by atoms with Crippen molar-refractivity contribution in [2.24, 2.45) is 0 Å². The van der Waals surface area contributed by atoms with Crippen LogP contribution in [0.5, 0.6) is 0 Å². The molecule has 0 amide bonds. The lowest BCUT2D eigenvalue weighted by Crippen LogP contribution is -2.08. The van der Waals surface area contributed by atoms with E-state index in [0.717, 1.165) is 0 Å². The number of hydrogen-bond acceptors (Lipinski definition) is 3. The molecule has 0 bridgehead atoms. The molecule has 0 aliphatic rings. The number of hydrogen-bond donors (Lipinski definition) is 1. The first-order valence-corrected chi connectivity index (χ1v) is 6.02. The van der Waals surface area contributed by atoms with Gasteiger partial charge in [-0.05, 0) is 12.8 Å². The van der Waals surface area contributed by atoms with Gasteiger partial charge in [0.25, 0.3) is 0 Å². The van der Waals surface area contributed by atoms with Crippen LogP contribution in [0.1, 0.15) is 39.5 Å². The van der Waals surface area contributed by atoms with Gasteiger partial charge in [0.15, 0.2) is 0 Å². The van der Waals surface area contributed by atoms with E-state index < -0.39 is 18.4 Å². The smallest absolute Gasteiger partial charge is 0.328 e. The zero-order valence-corrected chi connectivity index (χ0v) is 8.84. The molecule has 0 rings (SSSR count). The highest BCUT2D eigenvalue weighted by Gasteiger charge is 2.35. The first-order chi connectivity index (χ1) is 5.96. The second-order valence-electron chi connectivity index (χ2n) is 2.86. The van der Waals surface area contributed by atoms with Crippen LogP contribution in [-0.2, 0) is 14.2 Å². The molecule has 1 N–H and O–H groups in total. The molecule has 0 aromatic carbocycles. The van der Waals surface area contributed by atoms with Crippen molar-refractivity contribution in [2.45, 2.75) is 39.5 Å². The number of rotatable bonds is 6. The average molecular weight is 206 g/mol. The van der Waals surface area contributed by atoms with Crippen LogP contribution < -0.4 is 0 Å². The highest BCUT2D eigenvalue weighted by molar-refractivity contribution is 7.89. The summed E-state index contributed by atoms with van der Waals surface area (Å²) >= 11 is 0. The lowest BCUT2D eigenvalue weighted by molar-refractivity contribution is -0.116. The summed E-state index contributed by atoms with van der Waals surface area (Å²) in [6, 6.07) is 0. The Morgan fingerprint density at radius 2 is 1.38 bits per heavy atom. The van der Waals surface area contributed by atoms with Crippen LogP contribution in [0.4, 0.5) is 0 Å². The third kappa shape index (κ3) is 3.41. The molecule has 0 aliphatic carbocycles. The molecular weight excluding hydrogens is 191 g/mol. The molecule has 4 nitrogen and oxygen atoms in total. The van der Waals surface area contributed by atoms with Gasteiger partial charge in [0, 0.05) is 12.8 Å². The van der Waals surface area contributed by atoms with E-state index in [1.165, 1.54) is 0 Å². The van der Waals surface area contributed by atoms with E-state index in [4.69, 9.17) is 0 Å². The van der Waals surface area contributed by atoms with Crippen molar-refractivity contribution < 1.29 is 19.0 Å². The van der Waals surface area contributed by atoms with Gasteiger partial charge in [0.05, 0.1) is 0 Å². The number of carbonyl (C=O) groups is 2. The molecule has 5 heteroatoms. The largest absolute Gasteiger partial charge is 0.334 e. The van der Waals surface area contributed by atoms with Crippen LogP contribution in [0.15, 0.2) is 0 Å². The summed E-state index contributed by atoms with van der Waals surface area (Å²) in [5.74, 6) is 0. The Bertz CT molecular complexity index is 225. The molecule has 0 heterocycles. The van der Waals surface area contributed by atoms with Gasteiger partial charge < -0.3 is 4.89 Å². The van der Waals surface area contributed by atoms with Crippen molar-refractivity contribution >= 4 is 18.4 Å². The second kappa shape index (κ2) is 5.30. The molecule has 0 aromatic rings. The van der Waals surface area contributed by atoms with Crippen LogP contribution in [0.3, 0.4) is 0 Å². The molecule has 0 spiro atoms. The van der Waals surface area contributed by atoms with Gasteiger partial charge in [-0.25, -0.2) is 0 Å². The Morgan fingerprint density at radius 3 is 1.62 bits per heavy atom. The zero-order valence-electron chi connectivity index (χ0n) is 7.95. The predicted molar refractivity (Wildman–Crippen MR) is 49.7 cm³/mol. The van der Waals surface area contributed by atoms with E-state index in [1.54, 1.807) is 13.8 Å². The van der Waals surface area contributed by atoms with Crippen molar-refractivity contribution in [3.8, 4) is 0 Å². The van der Waals surface area contributed by atoms with E-state index in [-0.39, 0.29) is 12.8 Å². The van der Waals surface area contributed by atoms with E-state index in [1.807, 2.05) is 0 Å². The first kappa shape index (κ1) is 12.5. The highest BCUT2D eigenvalue weighted by Crippen LogP contribution is 2.45. The van der Waals surface area contributed by atoms with Gasteiger partial charge in [0.2, 0.25) is 11.0 Å². The van der Waals surface area contributed by atoms with Gasteiger partial charge >= 0.3 is 7.37 Å². The van der Waals surface area contributed by atoms with Crippen molar-refractivity contribution in [3.63, 3.8) is 0 Å². The minimum absolute atomic E-state index is 0.00321. The summed E-state index contributed by atoms with van der Waals surface area (Å²) < 4.78 is 11.3. The third-order valence-electron chi connectivity index (χ3n) is 1.60. The Labute approximate surface area is 77.8 Å². The molecule has 13 heavy (non-hydrogen) atoms. The zero-order chi connectivity index (χ0) is 10.5. The van der Waals surface area contributed by atoms with Gasteiger partial charge in [-0.1, -0.05) is 13.8 Å². The fraction of sp³-hybridized carbons (Fsp3) is 0.750. The van der Waals surface area contributed by atoms with Crippen LogP contribution in [-0.4, -0.2) is 15.9 Å². The quantitative estimate of drug-likeness (QED) is 0.674. The molecular formula is C8H15O4P. The average Bonchev–Trinajstić information content (AvgIpc) is 2.05. The molecule has 0 saturated carbocycles. The minimum atomic E-state index is -4.19. The van der Waals surface area contributed by atoms with E-state index >= 15 is 0 Å². The Hall–Kier alpha value is -0.470. The molecule has 0 fully saturated rings. The van der Waals surface area contributed by atoms with Crippen LogP contribution in [0.2, 0.25) is 0 Å². The Balaban J connectivity index is 4.46. The Kier molecular flexibility index (Phi) is 5.11. The van der Waals surface area contributed by atoms with Crippen molar-refractivity contribution in [1.82, 2.24) is 0 Å². The molecule has 0 atom stereocenters. The fourth-order valence-electron chi connectivity index (χ4n) is 0.870. The van der Waals surface area contributed by atoms with Crippen LogP contribution >= 0.6 is 7.37 Å².